The number of thioether (sulfide) groups is 1. The third-order valence-corrected chi connectivity index (χ3v) is 5.17. The molecule has 0 radical (unpaired) electrons. The van der Waals surface area contributed by atoms with Gasteiger partial charge in [-0.3, -0.25) is 14.9 Å². The number of hydrogen-bond donors (Lipinski definition) is 1. The highest BCUT2D eigenvalue weighted by molar-refractivity contribution is 7.99. The lowest BCUT2D eigenvalue weighted by Gasteiger charge is -2.07. The first kappa shape index (κ1) is 20.3. The van der Waals surface area contributed by atoms with Crippen LogP contribution in [0.5, 0.6) is 5.75 Å². The summed E-state index contributed by atoms with van der Waals surface area (Å²) in [6, 6.07) is 13.6. The van der Waals surface area contributed by atoms with Crippen LogP contribution in [0.4, 0.5) is 5.69 Å². The van der Waals surface area contributed by atoms with E-state index in [2.05, 4.69) is 15.5 Å². The summed E-state index contributed by atoms with van der Waals surface area (Å²) in [5.74, 6) is 1.41. The maximum atomic E-state index is 12.1. The SMILES string of the molecule is COc1ccc(CNC(=O)CSc2nnc(-c3ccc([N+](=O)[O-])cc3)n2C)cc1. The standard InChI is InChI=1S/C19H19N5O4S/c1-23-18(14-5-7-15(8-6-14)24(26)27)21-22-19(23)29-12-17(25)20-11-13-3-9-16(28-2)10-4-13/h3-10H,11-12H2,1-2H3,(H,20,25). The highest BCUT2D eigenvalue weighted by Crippen LogP contribution is 2.24. The number of nitrogens with one attached hydrogen (secondary N) is 1. The number of amides is 1. The fourth-order valence-electron chi connectivity index (χ4n) is 2.55. The van der Waals surface area contributed by atoms with Gasteiger partial charge in [0.05, 0.1) is 17.8 Å². The van der Waals surface area contributed by atoms with Gasteiger partial charge in [-0.05, 0) is 29.8 Å². The van der Waals surface area contributed by atoms with Crippen LogP contribution in [0.3, 0.4) is 0 Å². The van der Waals surface area contributed by atoms with Gasteiger partial charge in [0.25, 0.3) is 5.69 Å². The molecule has 0 saturated heterocycles. The van der Waals surface area contributed by atoms with Crippen molar-refractivity contribution in [2.75, 3.05) is 12.9 Å². The van der Waals surface area contributed by atoms with E-state index in [1.807, 2.05) is 24.3 Å². The quantitative estimate of drug-likeness (QED) is 0.343. The number of carbonyl (C=O) groups excluding carboxylic acids is 1. The lowest BCUT2D eigenvalue weighted by molar-refractivity contribution is -0.384. The van der Waals surface area contributed by atoms with Gasteiger partial charge < -0.3 is 14.6 Å². The van der Waals surface area contributed by atoms with Crippen LogP contribution >= 0.6 is 11.8 Å². The third-order valence-electron chi connectivity index (χ3n) is 4.15. The largest absolute Gasteiger partial charge is 0.497 e. The van der Waals surface area contributed by atoms with Gasteiger partial charge in [0, 0.05) is 31.3 Å². The van der Waals surface area contributed by atoms with Gasteiger partial charge >= 0.3 is 0 Å². The summed E-state index contributed by atoms with van der Waals surface area (Å²) in [5, 5.41) is 22.4. The molecule has 0 saturated carbocycles. The Balaban J connectivity index is 1.55. The predicted octanol–water partition coefficient (Wildman–Crippen LogP) is 2.81. The lowest BCUT2D eigenvalue weighted by Crippen LogP contribution is -2.24. The Bertz CT molecular complexity index is 1000. The van der Waals surface area contributed by atoms with Gasteiger partial charge in [-0.1, -0.05) is 23.9 Å². The molecule has 150 valence electrons. The van der Waals surface area contributed by atoms with Crippen molar-refractivity contribution in [2.24, 2.45) is 7.05 Å². The first-order chi connectivity index (χ1) is 14.0. The molecule has 29 heavy (non-hydrogen) atoms. The van der Waals surface area contributed by atoms with E-state index in [4.69, 9.17) is 4.74 Å². The Morgan fingerprint density at radius 1 is 1.17 bits per heavy atom. The molecule has 1 amide bonds. The number of carbonyl (C=O) groups is 1. The summed E-state index contributed by atoms with van der Waals surface area (Å²) in [7, 11) is 3.39. The molecular weight excluding hydrogens is 394 g/mol. The molecule has 9 nitrogen and oxygen atoms in total. The number of benzene rings is 2. The van der Waals surface area contributed by atoms with Crippen LogP contribution in [-0.4, -0.2) is 38.5 Å². The number of nitro groups is 1. The summed E-state index contributed by atoms with van der Waals surface area (Å²) in [5.41, 5.74) is 1.70. The minimum atomic E-state index is -0.452. The van der Waals surface area contributed by atoms with Gasteiger partial charge in [0.2, 0.25) is 5.91 Å². The third kappa shape index (κ3) is 5.11. The van der Waals surface area contributed by atoms with Crippen LogP contribution in [0.15, 0.2) is 53.7 Å². The molecule has 1 heterocycles. The molecular formula is C19H19N5O4S. The van der Waals surface area contributed by atoms with E-state index in [-0.39, 0.29) is 17.3 Å². The van der Waals surface area contributed by atoms with E-state index in [9.17, 15) is 14.9 Å². The number of rotatable bonds is 8. The molecule has 10 heteroatoms. The van der Waals surface area contributed by atoms with Crippen LogP contribution in [0.2, 0.25) is 0 Å². The zero-order chi connectivity index (χ0) is 20.8. The molecule has 0 aliphatic rings. The van der Waals surface area contributed by atoms with Gasteiger partial charge in [0.1, 0.15) is 5.75 Å². The van der Waals surface area contributed by atoms with Crippen LogP contribution in [0.25, 0.3) is 11.4 Å². The zero-order valence-electron chi connectivity index (χ0n) is 15.9. The van der Waals surface area contributed by atoms with Crippen molar-refractivity contribution in [3.63, 3.8) is 0 Å². The van der Waals surface area contributed by atoms with Crippen LogP contribution < -0.4 is 10.1 Å². The lowest BCUT2D eigenvalue weighted by atomic mass is 10.2. The van der Waals surface area contributed by atoms with Crippen molar-refractivity contribution in [3.05, 3.63) is 64.2 Å². The minimum absolute atomic E-state index is 0.0130. The second-order valence-electron chi connectivity index (χ2n) is 6.08. The molecule has 0 fully saturated rings. The van der Waals surface area contributed by atoms with E-state index < -0.39 is 4.92 Å². The highest BCUT2D eigenvalue weighted by Gasteiger charge is 2.14. The molecule has 0 atom stereocenters. The number of ether oxygens (including phenoxy) is 1. The van der Waals surface area contributed by atoms with E-state index in [0.717, 1.165) is 11.3 Å². The second-order valence-corrected chi connectivity index (χ2v) is 7.03. The average molecular weight is 413 g/mol. The molecule has 2 aromatic carbocycles. The van der Waals surface area contributed by atoms with Crippen molar-refractivity contribution in [2.45, 2.75) is 11.7 Å². The fraction of sp³-hybridized carbons (Fsp3) is 0.211. The number of methoxy groups -OCH3 is 1. The van der Waals surface area contributed by atoms with Crippen molar-refractivity contribution in [3.8, 4) is 17.1 Å². The number of nitrogens with zero attached hydrogens (tertiary/aromatic N) is 4. The smallest absolute Gasteiger partial charge is 0.269 e. The first-order valence-electron chi connectivity index (χ1n) is 8.64. The summed E-state index contributed by atoms with van der Waals surface area (Å²) < 4.78 is 6.86. The molecule has 1 aromatic heterocycles. The van der Waals surface area contributed by atoms with Gasteiger partial charge in [0.15, 0.2) is 11.0 Å². The Kier molecular flexibility index (Phi) is 6.45. The molecule has 0 spiro atoms. The van der Waals surface area contributed by atoms with Crippen molar-refractivity contribution >= 4 is 23.4 Å². The molecule has 0 bridgehead atoms. The van der Waals surface area contributed by atoms with Crippen LogP contribution in [-0.2, 0) is 18.4 Å². The fourth-order valence-corrected chi connectivity index (χ4v) is 3.29. The Labute approximate surface area is 171 Å². The summed E-state index contributed by atoms with van der Waals surface area (Å²) >= 11 is 1.27. The predicted molar refractivity (Wildman–Crippen MR) is 109 cm³/mol. The maximum Gasteiger partial charge on any atom is 0.269 e. The van der Waals surface area contributed by atoms with Crippen molar-refractivity contribution in [1.82, 2.24) is 20.1 Å². The average Bonchev–Trinajstić information content (AvgIpc) is 3.11. The number of hydrogen-bond acceptors (Lipinski definition) is 7. The number of non-ortho nitro benzene ring substituents is 1. The second kappa shape index (κ2) is 9.20. The van der Waals surface area contributed by atoms with Crippen LogP contribution in [0.1, 0.15) is 5.56 Å². The van der Waals surface area contributed by atoms with Gasteiger partial charge in [-0.15, -0.1) is 10.2 Å². The molecule has 3 aromatic rings. The number of aromatic nitrogens is 3. The van der Waals surface area contributed by atoms with E-state index >= 15 is 0 Å². The van der Waals surface area contributed by atoms with Crippen LogP contribution in [0, 0.1) is 10.1 Å². The van der Waals surface area contributed by atoms with Crippen molar-refractivity contribution < 1.29 is 14.5 Å². The van der Waals surface area contributed by atoms with Gasteiger partial charge in [-0.2, -0.15) is 0 Å². The first-order valence-corrected chi connectivity index (χ1v) is 9.63. The normalized spacial score (nSPS) is 10.6. The maximum absolute atomic E-state index is 12.1. The molecule has 0 aliphatic heterocycles. The van der Waals surface area contributed by atoms with Gasteiger partial charge in [-0.25, -0.2) is 0 Å². The molecule has 1 N–H and O–H groups in total. The highest BCUT2D eigenvalue weighted by atomic mass is 32.2. The summed E-state index contributed by atoms with van der Waals surface area (Å²) in [6.45, 7) is 0.427. The van der Waals surface area contributed by atoms with E-state index in [0.29, 0.717) is 23.1 Å². The minimum Gasteiger partial charge on any atom is -0.497 e. The molecule has 0 unspecified atom stereocenters. The zero-order valence-corrected chi connectivity index (χ0v) is 16.7. The summed E-state index contributed by atoms with van der Waals surface area (Å²) in [4.78, 5) is 22.4. The van der Waals surface area contributed by atoms with E-state index in [1.165, 1.54) is 23.9 Å². The van der Waals surface area contributed by atoms with Crippen molar-refractivity contribution in [1.29, 1.82) is 0 Å². The Morgan fingerprint density at radius 2 is 1.86 bits per heavy atom. The number of nitro benzene ring substituents is 1. The molecule has 3 rings (SSSR count). The Hall–Kier alpha value is -3.40. The summed E-state index contributed by atoms with van der Waals surface area (Å²) in [6.07, 6.45) is 0. The monoisotopic (exact) mass is 413 g/mol. The molecule has 0 aliphatic carbocycles. The Morgan fingerprint density at radius 3 is 2.48 bits per heavy atom. The topological polar surface area (TPSA) is 112 Å². The van der Waals surface area contributed by atoms with E-state index in [1.54, 1.807) is 30.9 Å².